The van der Waals surface area contributed by atoms with Crippen molar-refractivity contribution in [3.8, 4) is 17.3 Å². The van der Waals surface area contributed by atoms with Crippen LogP contribution in [0.15, 0.2) is 42.5 Å². The number of aliphatic hydroxyl groups excluding tert-OH is 2. The largest absolute Gasteiger partial charge is 0.474 e. The number of pyridine rings is 1. The van der Waals surface area contributed by atoms with E-state index in [1.54, 1.807) is 4.90 Å². The number of aliphatic hydroxyl groups is 2. The average molecular weight is 506 g/mol. The fourth-order valence-electron chi connectivity index (χ4n) is 5.20. The van der Waals surface area contributed by atoms with Crippen LogP contribution in [-0.2, 0) is 6.54 Å². The van der Waals surface area contributed by atoms with E-state index in [4.69, 9.17) is 14.7 Å². The molecular formula is C28H35N5O4. The number of ether oxygens (including phenoxy) is 1. The molecule has 1 amide bonds. The van der Waals surface area contributed by atoms with Gasteiger partial charge in [0.25, 0.3) is 5.91 Å². The smallest absolute Gasteiger partial charge is 0.277 e. The maximum Gasteiger partial charge on any atom is 0.277 e. The Morgan fingerprint density at radius 2 is 1.84 bits per heavy atom. The molecule has 3 heterocycles. The van der Waals surface area contributed by atoms with Gasteiger partial charge in [-0.2, -0.15) is 0 Å². The van der Waals surface area contributed by atoms with Gasteiger partial charge in [0.15, 0.2) is 11.5 Å². The van der Waals surface area contributed by atoms with Gasteiger partial charge in [-0.3, -0.25) is 9.69 Å². The third kappa shape index (κ3) is 4.81. The number of fused-ring (bicyclic) bond motifs is 1. The van der Waals surface area contributed by atoms with E-state index in [1.165, 1.54) is 4.90 Å². The Hall–Kier alpha value is -3.43. The second kappa shape index (κ2) is 10.5. The summed E-state index contributed by atoms with van der Waals surface area (Å²) in [7, 11) is 0. The standard InChI is InChI=1S/C28H35N5O4/c1-4-31-26-24(27(35)32(28(31)36)13-8-14-34)33(17-20-9-6-5-7-10-20)25(30-26)22-11-12-23(29-19(22)3)37-21-15-18(2)16-21/h5-7,9-12,18,21,28,34,36H,4,8,13-17H2,1-3H3/t18-,21-,28?. The number of nitrogens with zero attached hydrogens (tertiary/aromatic N) is 5. The van der Waals surface area contributed by atoms with E-state index in [1.807, 2.05) is 60.9 Å². The van der Waals surface area contributed by atoms with E-state index in [-0.39, 0.29) is 25.2 Å². The number of anilines is 1. The number of rotatable bonds is 9. The molecule has 1 unspecified atom stereocenters. The number of carbonyl (C=O) groups is 1. The second-order valence-corrected chi connectivity index (χ2v) is 9.99. The molecule has 37 heavy (non-hydrogen) atoms. The molecule has 1 aliphatic carbocycles. The van der Waals surface area contributed by atoms with E-state index >= 15 is 0 Å². The lowest BCUT2D eigenvalue weighted by atomic mass is 9.84. The fourth-order valence-corrected chi connectivity index (χ4v) is 5.20. The van der Waals surface area contributed by atoms with E-state index in [2.05, 4.69) is 6.92 Å². The highest BCUT2D eigenvalue weighted by molar-refractivity contribution is 6.00. The first kappa shape index (κ1) is 25.2. The molecule has 9 nitrogen and oxygen atoms in total. The lowest BCUT2D eigenvalue weighted by Gasteiger charge is -2.40. The van der Waals surface area contributed by atoms with Gasteiger partial charge in [-0.05, 0) is 50.7 Å². The van der Waals surface area contributed by atoms with Crippen molar-refractivity contribution in [2.24, 2.45) is 5.92 Å². The second-order valence-electron chi connectivity index (χ2n) is 9.99. The number of benzene rings is 1. The minimum absolute atomic E-state index is 0.0664. The molecule has 1 saturated carbocycles. The van der Waals surface area contributed by atoms with Gasteiger partial charge in [0, 0.05) is 37.9 Å². The minimum Gasteiger partial charge on any atom is -0.474 e. The highest BCUT2D eigenvalue weighted by Gasteiger charge is 2.41. The molecule has 1 aliphatic heterocycles. The topological polar surface area (TPSA) is 104 Å². The Kier molecular flexibility index (Phi) is 7.17. The predicted octanol–water partition coefficient (Wildman–Crippen LogP) is 3.42. The van der Waals surface area contributed by atoms with Crippen LogP contribution in [0, 0.1) is 12.8 Å². The van der Waals surface area contributed by atoms with Gasteiger partial charge in [-0.1, -0.05) is 37.3 Å². The summed E-state index contributed by atoms with van der Waals surface area (Å²) in [6.07, 6.45) is 1.52. The molecule has 0 bridgehead atoms. The SMILES string of the molecule is CCN1c2nc(-c3ccc(O[C@H]4C[C@H](C)C4)nc3C)n(Cc3ccccc3)c2C(=O)N(CCCO)C1O. The Bertz CT molecular complexity index is 1250. The van der Waals surface area contributed by atoms with Crippen LogP contribution in [0.1, 0.15) is 54.9 Å². The summed E-state index contributed by atoms with van der Waals surface area (Å²) in [5.74, 6) is 2.05. The van der Waals surface area contributed by atoms with Gasteiger partial charge in [0.05, 0.1) is 5.69 Å². The molecule has 1 fully saturated rings. The van der Waals surface area contributed by atoms with Crippen LogP contribution in [0.2, 0.25) is 0 Å². The Balaban J connectivity index is 1.59. The zero-order valence-corrected chi connectivity index (χ0v) is 21.7. The summed E-state index contributed by atoms with van der Waals surface area (Å²) < 4.78 is 7.98. The molecule has 0 saturated heterocycles. The highest BCUT2D eigenvalue weighted by atomic mass is 16.5. The van der Waals surface area contributed by atoms with Crippen LogP contribution >= 0.6 is 0 Å². The predicted molar refractivity (Wildman–Crippen MR) is 140 cm³/mol. The molecular weight excluding hydrogens is 470 g/mol. The maximum absolute atomic E-state index is 13.7. The van der Waals surface area contributed by atoms with Crippen molar-refractivity contribution in [3.05, 3.63) is 59.4 Å². The number of amides is 1. The highest BCUT2D eigenvalue weighted by Crippen LogP contribution is 2.36. The number of carbonyl (C=O) groups excluding carboxylic acids is 1. The van der Waals surface area contributed by atoms with Crippen molar-refractivity contribution in [2.45, 2.75) is 59.0 Å². The molecule has 2 aliphatic rings. The Morgan fingerprint density at radius 1 is 1.08 bits per heavy atom. The molecule has 2 aromatic heterocycles. The third-order valence-electron chi connectivity index (χ3n) is 7.24. The first-order valence-electron chi connectivity index (χ1n) is 13.1. The van der Waals surface area contributed by atoms with Crippen LogP contribution in [0.5, 0.6) is 5.88 Å². The maximum atomic E-state index is 13.7. The normalized spacial score (nSPS) is 21.1. The summed E-state index contributed by atoms with van der Waals surface area (Å²) in [4.78, 5) is 26.5. The van der Waals surface area contributed by atoms with Crippen molar-refractivity contribution in [2.75, 3.05) is 24.6 Å². The lowest BCUT2D eigenvalue weighted by Crippen LogP contribution is -2.56. The molecule has 0 radical (unpaired) electrons. The number of imidazole rings is 1. The van der Waals surface area contributed by atoms with Crippen LogP contribution in [0.4, 0.5) is 5.82 Å². The van der Waals surface area contributed by atoms with Crippen molar-refractivity contribution >= 4 is 11.7 Å². The average Bonchev–Trinajstić information content (AvgIpc) is 3.22. The van der Waals surface area contributed by atoms with Crippen molar-refractivity contribution in [3.63, 3.8) is 0 Å². The zero-order valence-electron chi connectivity index (χ0n) is 21.7. The van der Waals surface area contributed by atoms with Crippen LogP contribution in [0.25, 0.3) is 11.4 Å². The molecule has 2 N–H and O–H groups in total. The van der Waals surface area contributed by atoms with Crippen molar-refractivity contribution < 1.29 is 19.7 Å². The Morgan fingerprint density at radius 3 is 2.49 bits per heavy atom. The van der Waals surface area contributed by atoms with Crippen molar-refractivity contribution in [1.29, 1.82) is 0 Å². The summed E-state index contributed by atoms with van der Waals surface area (Å²) in [5.41, 5.74) is 3.01. The Labute approximate surface area is 217 Å². The molecule has 1 aromatic carbocycles. The quantitative estimate of drug-likeness (QED) is 0.459. The van der Waals surface area contributed by atoms with Crippen LogP contribution in [-0.4, -0.2) is 67.7 Å². The first-order valence-corrected chi connectivity index (χ1v) is 13.1. The number of hydrogen-bond acceptors (Lipinski definition) is 7. The number of hydrogen-bond donors (Lipinski definition) is 2. The molecule has 9 heteroatoms. The van der Waals surface area contributed by atoms with Crippen LogP contribution in [0.3, 0.4) is 0 Å². The zero-order chi connectivity index (χ0) is 26.1. The summed E-state index contributed by atoms with van der Waals surface area (Å²) in [6, 6.07) is 13.7. The summed E-state index contributed by atoms with van der Waals surface area (Å²) >= 11 is 0. The van der Waals surface area contributed by atoms with Gasteiger partial charge in [0.2, 0.25) is 12.2 Å². The first-order chi connectivity index (χ1) is 17.9. The molecule has 196 valence electrons. The lowest BCUT2D eigenvalue weighted by molar-refractivity contribution is -0.00104. The van der Waals surface area contributed by atoms with Gasteiger partial charge < -0.3 is 24.4 Å². The van der Waals surface area contributed by atoms with Crippen molar-refractivity contribution in [1.82, 2.24) is 19.4 Å². The van der Waals surface area contributed by atoms with E-state index in [9.17, 15) is 15.0 Å². The van der Waals surface area contributed by atoms with Crippen LogP contribution < -0.4 is 9.64 Å². The minimum atomic E-state index is -1.15. The van der Waals surface area contributed by atoms with Gasteiger partial charge in [-0.15, -0.1) is 0 Å². The van der Waals surface area contributed by atoms with Gasteiger partial charge >= 0.3 is 0 Å². The molecule has 1 atom stereocenters. The number of aryl methyl sites for hydroxylation is 1. The monoisotopic (exact) mass is 505 g/mol. The van der Waals surface area contributed by atoms with Gasteiger partial charge in [0.1, 0.15) is 11.9 Å². The van der Waals surface area contributed by atoms with E-state index in [0.29, 0.717) is 48.6 Å². The van der Waals surface area contributed by atoms with E-state index < -0.39 is 6.35 Å². The molecule has 5 rings (SSSR count). The molecule has 0 spiro atoms. The fraction of sp³-hybridized carbons (Fsp3) is 0.464. The summed E-state index contributed by atoms with van der Waals surface area (Å²) in [5, 5.41) is 20.4. The van der Waals surface area contributed by atoms with E-state index in [0.717, 1.165) is 29.7 Å². The van der Waals surface area contributed by atoms with Gasteiger partial charge in [-0.25, -0.2) is 9.97 Å². The number of aromatic nitrogens is 3. The molecule has 3 aromatic rings. The summed E-state index contributed by atoms with van der Waals surface area (Å²) in [6.45, 7) is 7.13. The third-order valence-corrected chi connectivity index (χ3v) is 7.24.